The van der Waals surface area contributed by atoms with Gasteiger partial charge in [0.25, 0.3) is 5.91 Å². The van der Waals surface area contributed by atoms with Crippen molar-refractivity contribution in [3.63, 3.8) is 0 Å². The van der Waals surface area contributed by atoms with Gasteiger partial charge in [-0.15, -0.1) is 0 Å². The highest BCUT2D eigenvalue weighted by molar-refractivity contribution is 5.96. The van der Waals surface area contributed by atoms with Gasteiger partial charge in [-0.25, -0.2) is 9.78 Å². The van der Waals surface area contributed by atoms with E-state index < -0.39 is 41.3 Å². The molecule has 0 spiro atoms. The van der Waals surface area contributed by atoms with Crippen molar-refractivity contribution in [3.8, 4) is 17.3 Å². The van der Waals surface area contributed by atoms with Crippen LogP contribution >= 0.6 is 0 Å². The molecule has 46 heavy (non-hydrogen) atoms. The lowest BCUT2D eigenvalue weighted by Crippen LogP contribution is -2.55. The molecule has 1 aromatic carbocycles. The summed E-state index contributed by atoms with van der Waals surface area (Å²) < 4.78 is 22.8. The lowest BCUT2D eigenvalue weighted by atomic mass is 10.1. The van der Waals surface area contributed by atoms with E-state index in [1.807, 2.05) is 32.0 Å². The molecule has 250 valence electrons. The van der Waals surface area contributed by atoms with Gasteiger partial charge in [-0.1, -0.05) is 30.3 Å². The van der Waals surface area contributed by atoms with E-state index in [0.717, 1.165) is 0 Å². The SMILES string of the molecule is CC(C)(C)OC(=O)CC[C@H](NC(=O)c1cc(OCC2COC(C)(C)OC2)nc(-c2ccccc2)n1)C(=O)N1CCN(C(=O)O)CC1. The van der Waals surface area contributed by atoms with Gasteiger partial charge in [0.1, 0.15) is 17.3 Å². The molecule has 2 aliphatic rings. The molecular formula is C32H43N5O9. The van der Waals surface area contributed by atoms with E-state index in [9.17, 15) is 24.3 Å². The van der Waals surface area contributed by atoms with E-state index in [2.05, 4.69) is 15.3 Å². The molecule has 2 aliphatic heterocycles. The van der Waals surface area contributed by atoms with E-state index >= 15 is 0 Å². The number of ether oxygens (including phenoxy) is 4. The van der Waals surface area contributed by atoms with Gasteiger partial charge in [-0.05, 0) is 41.0 Å². The molecule has 3 amide bonds. The van der Waals surface area contributed by atoms with Gasteiger partial charge in [0.15, 0.2) is 11.6 Å². The summed E-state index contributed by atoms with van der Waals surface area (Å²) in [6.45, 7) is 10.6. The van der Waals surface area contributed by atoms with Crippen LogP contribution in [0.5, 0.6) is 5.88 Å². The number of nitrogens with zero attached hydrogens (tertiary/aromatic N) is 4. The molecule has 1 aromatic heterocycles. The second-order valence-corrected chi connectivity index (χ2v) is 12.7. The molecule has 2 aromatic rings. The third-order valence-corrected chi connectivity index (χ3v) is 7.29. The van der Waals surface area contributed by atoms with Crippen molar-refractivity contribution >= 4 is 23.9 Å². The third kappa shape index (κ3) is 10.1. The van der Waals surface area contributed by atoms with Crippen LogP contribution in [0.15, 0.2) is 36.4 Å². The Morgan fingerprint density at radius 2 is 1.65 bits per heavy atom. The summed E-state index contributed by atoms with van der Waals surface area (Å²) in [6, 6.07) is 9.39. The number of carbonyl (C=O) groups excluding carboxylic acids is 3. The molecule has 3 heterocycles. The first kappa shape index (κ1) is 34.6. The van der Waals surface area contributed by atoms with Crippen LogP contribution in [-0.2, 0) is 23.8 Å². The first-order valence-corrected chi connectivity index (χ1v) is 15.3. The van der Waals surface area contributed by atoms with Gasteiger partial charge >= 0.3 is 12.1 Å². The average molecular weight is 642 g/mol. The largest absolute Gasteiger partial charge is 0.477 e. The lowest BCUT2D eigenvalue weighted by Gasteiger charge is -2.35. The number of esters is 1. The number of nitrogens with one attached hydrogen (secondary N) is 1. The monoisotopic (exact) mass is 641 g/mol. The first-order valence-electron chi connectivity index (χ1n) is 15.3. The number of carboxylic acid groups (broad SMARTS) is 1. The smallest absolute Gasteiger partial charge is 0.407 e. The van der Waals surface area contributed by atoms with Crippen molar-refractivity contribution in [2.45, 2.75) is 64.9 Å². The molecule has 0 unspecified atom stereocenters. The highest BCUT2D eigenvalue weighted by atomic mass is 16.7. The van der Waals surface area contributed by atoms with Crippen molar-refractivity contribution in [2.24, 2.45) is 5.92 Å². The molecule has 2 N–H and O–H groups in total. The Kier molecular flexibility index (Phi) is 11.2. The number of rotatable bonds is 10. The third-order valence-electron chi connectivity index (χ3n) is 7.29. The van der Waals surface area contributed by atoms with E-state index in [1.165, 1.54) is 15.9 Å². The van der Waals surface area contributed by atoms with Gasteiger partial charge in [-0.2, -0.15) is 4.98 Å². The Hall–Kier alpha value is -4.30. The Labute approximate surface area is 268 Å². The van der Waals surface area contributed by atoms with Crippen molar-refractivity contribution in [1.29, 1.82) is 0 Å². The minimum absolute atomic E-state index is 0.0311. The Bertz CT molecular complexity index is 1380. The summed E-state index contributed by atoms with van der Waals surface area (Å²) in [6.07, 6.45) is -1.22. The van der Waals surface area contributed by atoms with Crippen LogP contribution in [0, 0.1) is 5.92 Å². The van der Waals surface area contributed by atoms with Crippen molar-refractivity contribution in [3.05, 3.63) is 42.1 Å². The van der Waals surface area contributed by atoms with Crippen molar-refractivity contribution in [1.82, 2.24) is 25.1 Å². The number of carbonyl (C=O) groups is 4. The molecule has 2 fully saturated rings. The Balaban J connectivity index is 1.54. The maximum absolute atomic E-state index is 13.7. The summed E-state index contributed by atoms with van der Waals surface area (Å²) in [5.74, 6) is -1.93. The predicted molar refractivity (Wildman–Crippen MR) is 165 cm³/mol. The molecule has 2 saturated heterocycles. The maximum atomic E-state index is 13.7. The van der Waals surface area contributed by atoms with Gasteiger partial charge in [-0.3, -0.25) is 14.4 Å². The molecule has 4 rings (SSSR count). The van der Waals surface area contributed by atoms with E-state index in [-0.39, 0.29) is 68.9 Å². The Morgan fingerprint density at radius 1 is 1.02 bits per heavy atom. The highest BCUT2D eigenvalue weighted by Gasteiger charge is 2.32. The van der Waals surface area contributed by atoms with Gasteiger partial charge in [0.05, 0.1) is 19.8 Å². The molecule has 0 saturated carbocycles. The van der Waals surface area contributed by atoms with Gasteiger partial charge in [0.2, 0.25) is 11.8 Å². The number of amides is 3. The van der Waals surface area contributed by atoms with Crippen LogP contribution in [0.4, 0.5) is 4.79 Å². The summed E-state index contributed by atoms with van der Waals surface area (Å²) >= 11 is 0. The number of aromatic nitrogens is 2. The molecule has 1 atom stereocenters. The summed E-state index contributed by atoms with van der Waals surface area (Å²) in [5.41, 5.74) is -0.0987. The number of benzene rings is 1. The zero-order chi connectivity index (χ0) is 33.5. The van der Waals surface area contributed by atoms with Crippen molar-refractivity contribution in [2.75, 3.05) is 46.0 Å². The summed E-state index contributed by atoms with van der Waals surface area (Å²) in [4.78, 5) is 62.9. The highest BCUT2D eigenvalue weighted by Crippen LogP contribution is 2.23. The molecule has 14 heteroatoms. The minimum Gasteiger partial charge on any atom is -0.477 e. The fraction of sp³-hybridized carbons (Fsp3) is 0.562. The molecule has 0 radical (unpaired) electrons. The van der Waals surface area contributed by atoms with E-state index in [1.54, 1.807) is 32.9 Å². The minimum atomic E-state index is -1.10. The van der Waals surface area contributed by atoms with Crippen LogP contribution in [0.1, 0.15) is 57.9 Å². The van der Waals surface area contributed by atoms with Crippen LogP contribution in [-0.4, -0.2) is 112 Å². The fourth-order valence-electron chi connectivity index (χ4n) is 4.84. The van der Waals surface area contributed by atoms with Crippen molar-refractivity contribution < 1.29 is 43.2 Å². The zero-order valence-electron chi connectivity index (χ0n) is 27.0. The van der Waals surface area contributed by atoms with Gasteiger partial charge < -0.3 is 39.2 Å². The second-order valence-electron chi connectivity index (χ2n) is 12.7. The average Bonchev–Trinajstić information content (AvgIpc) is 3.01. The summed E-state index contributed by atoms with van der Waals surface area (Å²) in [5, 5.41) is 12.0. The molecule has 0 bridgehead atoms. The molecule has 14 nitrogen and oxygen atoms in total. The zero-order valence-corrected chi connectivity index (χ0v) is 27.0. The number of hydrogen-bond donors (Lipinski definition) is 2. The normalized spacial score (nSPS) is 17.6. The first-order chi connectivity index (χ1) is 21.7. The number of hydrogen-bond acceptors (Lipinski definition) is 10. The number of piperazine rings is 1. The molecule has 0 aliphatic carbocycles. The lowest BCUT2D eigenvalue weighted by molar-refractivity contribution is -0.264. The Morgan fingerprint density at radius 3 is 2.26 bits per heavy atom. The van der Waals surface area contributed by atoms with E-state index in [4.69, 9.17) is 18.9 Å². The van der Waals surface area contributed by atoms with Crippen LogP contribution in [0.3, 0.4) is 0 Å². The maximum Gasteiger partial charge on any atom is 0.407 e. The van der Waals surface area contributed by atoms with Crippen LogP contribution < -0.4 is 10.1 Å². The second kappa shape index (κ2) is 14.9. The summed E-state index contributed by atoms with van der Waals surface area (Å²) in [7, 11) is 0. The predicted octanol–water partition coefficient (Wildman–Crippen LogP) is 2.96. The quantitative estimate of drug-likeness (QED) is 0.366. The van der Waals surface area contributed by atoms with Crippen LogP contribution in [0.2, 0.25) is 0 Å². The van der Waals surface area contributed by atoms with Gasteiger partial charge in [0, 0.05) is 50.1 Å². The van der Waals surface area contributed by atoms with E-state index in [0.29, 0.717) is 18.8 Å². The fourth-order valence-corrected chi connectivity index (χ4v) is 4.84. The standard InChI is InChI=1S/C32H43N5O9/c1-31(2,3)46-26(38)12-11-23(29(40)36-13-15-37(16-14-36)30(41)42)34-28(39)24-17-25(35-27(33-24)22-9-7-6-8-10-22)43-18-21-19-44-32(4,5)45-20-21/h6-10,17,21,23H,11-16,18-20H2,1-5H3,(H,34,39)(H,41,42)/t23-/m0/s1. The topological polar surface area (TPSA) is 170 Å². The van der Waals surface area contributed by atoms with Crippen LogP contribution in [0.25, 0.3) is 11.4 Å². The molecular weight excluding hydrogens is 598 g/mol.